The molecule has 1 amide bonds. The summed E-state index contributed by atoms with van der Waals surface area (Å²) in [5, 5.41) is 1.64. The second-order valence-corrected chi connectivity index (χ2v) is 7.96. The van der Waals surface area contributed by atoms with Crippen molar-refractivity contribution in [1.82, 2.24) is 5.32 Å². The normalized spacial score (nSPS) is 16.4. The van der Waals surface area contributed by atoms with Gasteiger partial charge in [0.05, 0.1) is 5.75 Å². The lowest BCUT2D eigenvalue weighted by Crippen LogP contribution is -2.47. The molecule has 5 nitrogen and oxygen atoms in total. The molecule has 0 aromatic carbocycles. The fourth-order valence-corrected chi connectivity index (χ4v) is 2.60. The molecule has 0 radical (unpaired) electrons. The van der Waals surface area contributed by atoms with Gasteiger partial charge in [-0.1, -0.05) is 0 Å². The Bertz CT molecular complexity index is 355. The summed E-state index contributed by atoms with van der Waals surface area (Å²) < 4.78 is 23.7. The minimum Gasteiger partial charge on any atom is -0.350 e. The molecule has 0 aromatic rings. The molecule has 0 saturated carbocycles. The Morgan fingerprint density at radius 2 is 1.76 bits per heavy atom. The highest BCUT2D eigenvalue weighted by Gasteiger charge is 2.29. The van der Waals surface area contributed by atoms with Gasteiger partial charge in [0.2, 0.25) is 5.91 Å². The van der Waals surface area contributed by atoms with Crippen LogP contribution in [0.15, 0.2) is 0 Å². The van der Waals surface area contributed by atoms with Crippen molar-refractivity contribution in [2.75, 3.05) is 5.75 Å². The second kappa shape index (κ2) is 5.82. The highest BCUT2D eigenvalue weighted by Crippen LogP contribution is 2.08. The lowest BCUT2D eigenvalue weighted by molar-refractivity contribution is -0.121. The van der Waals surface area contributed by atoms with Gasteiger partial charge >= 0.3 is 0 Å². The standard InChI is InChI=1S/C11H24N2O3S/c1-8(12)6-7-17(15,16)9(2)10(14)13-11(3,4)5/h8-9H,6-7,12H2,1-5H3,(H,13,14). The molecule has 0 saturated heterocycles. The highest BCUT2D eigenvalue weighted by molar-refractivity contribution is 7.92. The molecule has 17 heavy (non-hydrogen) atoms. The summed E-state index contributed by atoms with van der Waals surface area (Å²) in [6.07, 6.45) is 0.371. The lowest BCUT2D eigenvalue weighted by atomic mass is 10.1. The van der Waals surface area contributed by atoms with Crippen LogP contribution in [0.5, 0.6) is 0 Å². The molecular weight excluding hydrogens is 240 g/mol. The van der Waals surface area contributed by atoms with Crippen molar-refractivity contribution in [3.8, 4) is 0 Å². The molecule has 0 aliphatic rings. The molecule has 0 aromatic heterocycles. The fraction of sp³-hybridized carbons (Fsp3) is 0.909. The van der Waals surface area contributed by atoms with Gasteiger partial charge in [-0.2, -0.15) is 0 Å². The van der Waals surface area contributed by atoms with Crippen LogP contribution in [-0.4, -0.2) is 36.9 Å². The predicted molar refractivity (Wildman–Crippen MR) is 69.4 cm³/mol. The van der Waals surface area contributed by atoms with E-state index in [2.05, 4.69) is 5.32 Å². The largest absolute Gasteiger partial charge is 0.350 e. The Labute approximate surface area is 104 Å². The summed E-state index contributed by atoms with van der Waals surface area (Å²) in [6, 6.07) is -0.178. The van der Waals surface area contributed by atoms with Crippen molar-refractivity contribution in [3.05, 3.63) is 0 Å². The van der Waals surface area contributed by atoms with Crippen LogP contribution in [0.2, 0.25) is 0 Å². The summed E-state index contributed by atoms with van der Waals surface area (Å²) in [4.78, 5) is 11.7. The van der Waals surface area contributed by atoms with Crippen LogP contribution < -0.4 is 11.1 Å². The highest BCUT2D eigenvalue weighted by atomic mass is 32.2. The third kappa shape index (κ3) is 6.63. The van der Waals surface area contributed by atoms with Crippen LogP contribution >= 0.6 is 0 Å². The monoisotopic (exact) mass is 264 g/mol. The van der Waals surface area contributed by atoms with Gasteiger partial charge < -0.3 is 11.1 Å². The molecule has 0 fully saturated rings. The van der Waals surface area contributed by atoms with E-state index >= 15 is 0 Å². The quantitative estimate of drug-likeness (QED) is 0.754. The number of nitrogens with one attached hydrogen (secondary N) is 1. The summed E-state index contributed by atoms with van der Waals surface area (Å²) in [5.41, 5.74) is 5.08. The summed E-state index contributed by atoms with van der Waals surface area (Å²) in [6.45, 7) is 8.59. The average molecular weight is 264 g/mol. The number of sulfone groups is 1. The molecule has 0 aliphatic heterocycles. The average Bonchev–Trinajstić information content (AvgIpc) is 2.11. The third-order valence-electron chi connectivity index (χ3n) is 2.26. The van der Waals surface area contributed by atoms with Crippen LogP contribution in [-0.2, 0) is 14.6 Å². The first kappa shape index (κ1) is 16.4. The number of amides is 1. The second-order valence-electron chi connectivity index (χ2n) is 5.51. The Morgan fingerprint density at radius 3 is 2.12 bits per heavy atom. The lowest BCUT2D eigenvalue weighted by Gasteiger charge is -2.23. The zero-order valence-electron chi connectivity index (χ0n) is 11.3. The van der Waals surface area contributed by atoms with Gasteiger partial charge in [0.15, 0.2) is 9.84 Å². The molecule has 0 bridgehead atoms. The van der Waals surface area contributed by atoms with Crippen molar-refractivity contribution in [1.29, 1.82) is 0 Å². The third-order valence-corrected chi connectivity index (χ3v) is 4.36. The molecule has 0 aliphatic carbocycles. The predicted octanol–water partition coefficient (Wildman–Crippen LogP) is 0.442. The molecule has 3 N–H and O–H groups in total. The van der Waals surface area contributed by atoms with Gasteiger partial charge in [-0.3, -0.25) is 4.79 Å². The minimum atomic E-state index is -3.42. The van der Waals surface area contributed by atoms with Crippen LogP contribution in [0.1, 0.15) is 41.0 Å². The van der Waals surface area contributed by atoms with Crippen molar-refractivity contribution in [2.45, 2.75) is 57.9 Å². The number of rotatable bonds is 5. The summed E-state index contributed by atoms with van der Waals surface area (Å²) in [7, 11) is -3.42. The van der Waals surface area contributed by atoms with E-state index in [1.54, 1.807) is 6.92 Å². The molecule has 0 spiro atoms. The molecule has 0 rings (SSSR count). The number of hydrogen-bond acceptors (Lipinski definition) is 4. The van der Waals surface area contributed by atoms with Gasteiger partial charge in [-0.05, 0) is 41.0 Å². The maximum atomic E-state index is 11.8. The molecule has 0 heterocycles. The number of carbonyl (C=O) groups excluding carboxylic acids is 1. The first-order valence-electron chi connectivity index (χ1n) is 5.75. The number of nitrogens with two attached hydrogens (primary N) is 1. The first-order chi connectivity index (χ1) is 7.46. The smallest absolute Gasteiger partial charge is 0.238 e. The van der Waals surface area contributed by atoms with Crippen molar-refractivity contribution in [2.24, 2.45) is 5.73 Å². The van der Waals surface area contributed by atoms with E-state index in [0.29, 0.717) is 6.42 Å². The fourth-order valence-electron chi connectivity index (χ4n) is 1.16. The Morgan fingerprint density at radius 1 is 1.29 bits per heavy atom. The summed E-state index contributed by atoms with van der Waals surface area (Å²) >= 11 is 0. The van der Waals surface area contributed by atoms with Gasteiger partial charge in [0.25, 0.3) is 0 Å². The number of carbonyl (C=O) groups is 1. The molecule has 2 unspecified atom stereocenters. The van der Waals surface area contributed by atoms with E-state index < -0.39 is 26.5 Å². The van der Waals surface area contributed by atoms with Crippen LogP contribution in [0.3, 0.4) is 0 Å². The first-order valence-corrected chi connectivity index (χ1v) is 7.46. The molecule has 2 atom stereocenters. The molecular formula is C11H24N2O3S. The van der Waals surface area contributed by atoms with Crippen molar-refractivity contribution < 1.29 is 13.2 Å². The van der Waals surface area contributed by atoms with Crippen LogP contribution in [0.4, 0.5) is 0 Å². The summed E-state index contributed by atoms with van der Waals surface area (Å²) in [5.74, 6) is -0.509. The zero-order valence-corrected chi connectivity index (χ0v) is 12.1. The van der Waals surface area contributed by atoms with Crippen molar-refractivity contribution >= 4 is 15.7 Å². The van der Waals surface area contributed by atoms with Crippen LogP contribution in [0, 0.1) is 0 Å². The van der Waals surface area contributed by atoms with Gasteiger partial charge in [0, 0.05) is 11.6 Å². The van der Waals surface area contributed by atoms with E-state index in [1.165, 1.54) is 6.92 Å². The van der Waals surface area contributed by atoms with Gasteiger partial charge in [-0.15, -0.1) is 0 Å². The molecule has 102 valence electrons. The van der Waals surface area contributed by atoms with E-state index in [1.807, 2.05) is 20.8 Å². The Balaban J connectivity index is 4.58. The van der Waals surface area contributed by atoms with E-state index in [9.17, 15) is 13.2 Å². The minimum absolute atomic E-state index is 0.0522. The van der Waals surface area contributed by atoms with E-state index in [0.717, 1.165) is 0 Å². The number of hydrogen-bond donors (Lipinski definition) is 2. The van der Waals surface area contributed by atoms with Gasteiger partial charge in [-0.25, -0.2) is 8.42 Å². The zero-order chi connectivity index (χ0) is 13.9. The Hall–Kier alpha value is -0.620. The van der Waals surface area contributed by atoms with Gasteiger partial charge in [0.1, 0.15) is 5.25 Å². The van der Waals surface area contributed by atoms with Crippen molar-refractivity contribution in [3.63, 3.8) is 0 Å². The Kier molecular flexibility index (Phi) is 5.61. The van der Waals surface area contributed by atoms with Crippen LogP contribution in [0.25, 0.3) is 0 Å². The van der Waals surface area contributed by atoms with E-state index in [-0.39, 0.29) is 11.8 Å². The maximum Gasteiger partial charge on any atom is 0.238 e. The maximum absolute atomic E-state index is 11.8. The topological polar surface area (TPSA) is 89.3 Å². The SMILES string of the molecule is CC(N)CCS(=O)(=O)C(C)C(=O)NC(C)(C)C. The molecule has 6 heteroatoms. The van der Waals surface area contributed by atoms with E-state index in [4.69, 9.17) is 5.73 Å².